The van der Waals surface area contributed by atoms with Gasteiger partial charge in [-0.05, 0) is 13.2 Å². The van der Waals surface area contributed by atoms with Crippen molar-refractivity contribution in [2.75, 3.05) is 18.2 Å². The fourth-order valence-electron chi connectivity index (χ4n) is 1.34. The van der Waals surface area contributed by atoms with E-state index >= 15 is 0 Å². The highest BCUT2D eigenvalue weighted by Gasteiger charge is 2.16. The molecule has 6 heteroatoms. The minimum Gasteiger partial charge on any atom is -0.395 e. The van der Waals surface area contributed by atoms with Gasteiger partial charge in [0, 0.05) is 30.7 Å². The third-order valence-electron chi connectivity index (χ3n) is 2.42. The van der Waals surface area contributed by atoms with Gasteiger partial charge in [0.1, 0.15) is 0 Å². The molecule has 0 aromatic carbocycles. The molecule has 90 valence electrons. The van der Waals surface area contributed by atoms with Crippen LogP contribution in [-0.2, 0) is 7.05 Å². The van der Waals surface area contributed by atoms with Crippen LogP contribution in [0.5, 0.6) is 0 Å². The van der Waals surface area contributed by atoms with E-state index < -0.39 is 0 Å². The van der Waals surface area contributed by atoms with Crippen molar-refractivity contribution in [1.82, 2.24) is 9.55 Å². The van der Waals surface area contributed by atoms with Gasteiger partial charge in [-0.3, -0.25) is 4.79 Å². The summed E-state index contributed by atoms with van der Waals surface area (Å²) in [4.78, 5) is 15.7. The lowest BCUT2D eigenvalue weighted by Crippen LogP contribution is -2.34. The van der Waals surface area contributed by atoms with Crippen LogP contribution in [0.1, 0.15) is 6.92 Å². The largest absolute Gasteiger partial charge is 0.395 e. The molecule has 0 saturated heterocycles. The molecule has 2 unspecified atom stereocenters. The van der Waals surface area contributed by atoms with Gasteiger partial charge < -0.3 is 15.0 Å². The molecule has 0 aliphatic rings. The van der Waals surface area contributed by atoms with E-state index in [1.165, 1.54) is 4.57 Å². The van der Waals surface area contributed by atoms with Gasteiger partial charge in [0.05, 0.1) is 6.61 Å². The average Bonchev–Trinajstić information content (AvgIpc) is 2.26. The van der Waals surface area contributed by atoms with Gasteiger partial charge in [-0.1, -0.05) is 0 Å². The fourth-order valence-corrected chi connectivity index (χ4v) is 1.97. The SMILES string of the molecule is CSC(CO)C(C)Nc1nccn(C)c1=O. The normalized spacial score (nSPS) is 14.5. The third kappa shape index (κ3) is 2.99. The van der Waals surface area contributed by atoms with E-state index in [2.05, 4.69) is 10.3 Å². The van der Waals surface area contributed by atoms with Crippen LogP contribution in [0.15, 0.2) is 17.2 Å². The lowest BCUT2D eigenvalue weighted by molar-refractivity contribution is 0.288. The summed E-state index contributed by atoms with van der Waals surface area (Å²) in [7, 11) is 1.68. The molecule has 0 fully saturated rings. The molecular formula is C10H17N3O2S. The Morgan fingerprint density at radius 3 is 2.94 bits per heavy atom. The number of nitrogens with zero attached hydrogens (tertiary/aromatic N) is 2. The molecular weight excluding hydrogens is 226 g/mol. The Hall–Kier alpha value is -1.01. The number of nitrogens with one attached hydrogen (secondary N) is 1. The van der Waals surface area contributed by atoms with Crippen molar-refractivity contribution in [2.24, 2.45) is 7.05 Å². The standard InChI is InChI=1S/C10H17N3O2S/c1-7(8(6-14)16-3)12-9-10(15)13(2)5-4-11-9/h4-5,7-8,14H,6H2,1-3H3,(H,11,12). The summed E-state index contributed by atoms with van der Waals surface area (Å²) >= 11 is 1.56. The van der Waals surface area contributed by atoms with Crippen LogP contribution in [0.4, 0.5) is 5.82 Å². The Morgan fingerprint density at radius 1 is 1.69 bits per heavy atom. The van der Waals surface area contributed by atoms with E-state index in [-0.39, 0.29) is 23.5 Å². The van der Waals surface area contributed by atoms with Crippen LogP contribution < -0.4 is 10.9 Å². The highest BCUT2D eigenvalue weighted by Crippen LogP contribution is 2.12. The smallest absolute Gasteiger partial charge is 0.293 e. The molecule has 0 saturated carbocycles. The second-order valence-electron chi connectivity index (χ2n) is 3.58. The third-order valence-corrected chi connectivity index (χ3v) is 3.58. The van der Waals surface area contributed by atoms with Gasteiger partial charge >= 0.3 is 0 Å². The Labute approximate surface area is 98.9 Å². The Kier molecular flexibility index (Phi) is 4.82. The first-order valence-electron chi connectivity index (χ1n) is 5.02. The van der Waals surface area contributed by atoms with Crippen LogP contribution in [0.2, 0.25) is 0 Å². The van der Waals surface area contributed by atoms with Crippen molar-refractivity contribution < 1.29 is 5.11 Å². The van der Waals surface area contributed by atoms with Gasteiger partial charge in [0.15, 0.2) is 5.82 Å². The summed E-state index contributed by atoms with van der Waals surface area (Å²) in [5, 5.41) is 12.2. The molecule has 0 spiro atoms. The van der Waals surface area contributed by atoms with E-state index in [9.17, 15) is 4.79 Å². The van der Waals surface area contributed by atoms with E-state index in [4.69, 9.17) is 5.11 Å². The Morgan fingerprint density at radius 2 is 2.38 bits per heavy atom. The van der Waals surface area contributed by atoms with Crippen LogP contribution in [0.3, 0.4) is 0 Å². The second kappa shape index (κ2) is 5.91. The maximum Gasteiger partial charge on any atom is 0.293 e. The maximum absolute atomic E-state index is 11.7. The Balaban J connectivity index is 2.80. The van der Waals surface area contributed by atoms with Gasteiger partial charge in [-0.2, -0.15) is 11.8 Å². The number of thioether (sulfide) groups is 1. The van der Waals surface area contributed by atoms with Gasteiger partial charge in [-0.15, -0.1) is 0 Å². The van der Waals surface area contributed by atoms with Crippen molar-refractivity contribution in [1.29, 1.82) is 0 Å². The molecule has 0 radical (unpaired) electrons. The molecule has 0 amide bonds. The molecule has 1 heterocycles. The van der Waals surface area contributed by atoms with Gasteiger partial charge in [0.2, 0.25) is 0 Å². The highest BCUT2D eigenvalue weighted by atomic mass is 32.2. The number of aliphatic hydroxyl groups is 1. The molecule has 0 bridgehead atoms. The zero-order chi connectivity index (χ0) is 12.1. The molecule has 5 nitrogen and oxygen atoms in total. The molecule has 1 aromatic rings. The minimum atomic E-state index is -0.160. The topological polar surface area (TPSA) is 67.2 Å². The quantitative estimate of drug-likeness (QED) is 0.779. The zero-order valence-corrected chi connectivity index (χ0v) is 10.5. The number of aliphatic hydroxyl groups excluding tert-OH is 1. The molecule has 1 aromatic heterocycles. The first kappa shape index (κ1) is 13.1. The van der Waals surface area contributed by atoms with Crippen molar-refractivity contribution in [3.63, 3.8) is 0 Å². The van der Waals surface area contributed by atoms with Gasteiger partial charge in [0.25, 0.3) is 5.56 Å². The second-order valence-corrected chi connectivity index (χ2v) is 4.66. The molecule has 2 atom stereocenters. The average molecular weight is 243 g/mol. The monoisotopic (exact) mass is 243 g/mol. The summed E-state index contributed by atoms with van der Waals surface area (Å²) in [6.45, 7) is 1.99. The van der Waals surface area contributed by atoms with E-state index in [1.54, 1.807) is 31.2 Å². The van der Waals surface area contributed by atoms with Crippen molar-refractivity contribution in [3.8, 4) is 0 Å². The summed E-state index contributed by atoms with van der Waals surface area (Å²) in [5.74, 6) is 0.324. The number of aryl methyl sites for hydroxylation is 1. The van der Waals surface area contributed by atoms with Crippen LogP contribution >= 0.6 is 11.8 Å². The van der Waals surface area contributed by atoms with Crippen LogP contribution in [0.25, 0.3) is 0 Å². The summed E-state index contributed by atoms with van der Waals surface area (Å²) in [6, 6.07) is -0.0115. The van der Waals surface area contributed by atoms with Crippen molar-refractivity contribution in [3.05, 3.63) is 22.7 Å². The number of hydrogen-bond acceptors (Lipinski definition) is 5. The maximum atomic E-state index is 11.7. The number of anilines is 1. The minimum absolute atomic E-state index is 0.0115. The Bertz CT molecular complexity index is 390. The van der Waals surface area contributed by atoms with Gasteiger partial charge in [-0.25, -0.2) is 4.98 Å². The summed E-state index contributed by atoms with van der Waals surface area (Å²) in [6.07, 6.45) is 5.11. The molecule has 16 heavy (non-hydrogen) atoms. The van der Waals surface area contributed by atoms with Crippen LogP contribution in [0, 0.1) is 0 Å². The molecule has 0 aliphatic carbocycles. The van der Waals surface area contributed by atoms with E-state index in [0.717, 1.165) is 0 Å². The number of hydrogen-bond donors (Lipinski definition) is 2. The first-order chi connectivity index (χ1) is 7.60. The predicted molar refractivity (Wildman–Crippen MR) is 67.0 cm³/mol. The lowest BCUT2D eigenvalue weighted by Gasteiger charge is -2.21. The van der Waals surface area contributed by atoms with Crippen LogP contribution in [-0.4, -0.2) is 38.8 Å². The zero-order valence-electron chi connectivity index (χ0n) is 9.67. The molecule has 0 aliphatic heterocycles. The summed E-state index contributed by atoms with van der Waals surface area (Å²) < 4.78 is 1.47. The highest BCUT2D eigenvalue weighted by molar-refractivity contribution is 7.99. The van der Waals surface area contributed by atoms with Crippen molar-refractivity contribution >= 4 is 17.6 Å². The number of aromatic nitrogens is 2. The number of rotatable bonds is 5. The first-order valence-corrected chi connectivity index (χ1v) is 6.30. The summed E-state index contributed by atoms with van der Waals surface area (Å²) in [5.41, 5.74) is -0.160. The predicted octanol–water partition coefficient (Wildman–Crippen LogP) is 0.305. The van der Waals surface area contributed by atoms with E-state index in [0.29, 0.717) is 5.82 Å². The van der Waals surface area contributed by atoms with E-state index in [1.807, 2.05) is 13.2 Å². The molecule has 2 N–H and O–H groups in total. The van der Waals surface area contributed by atoms with Crippen molar-refractivity contribution in [2.45, 2.75) is 18.2 Å². The molecule has 1 rings (SSSR count). The fraction of sp³-hybridized carbons (Fsp3) is 0.600. The lowest BCUT2D eigenvalue weighted by atomic mass is 10.2.